The molecule has 5 aromatic rings. The molecular formula is C22H20N4O2. The minimum Gasteiger partial charge on any atom is -0.472 e. The highest BCUT2D eigenvalue weighted by Gasteiger charge is 2.25. The number of aryl methyl sites for hydroxylation is 1. The SMILES string of the molecule is COC(c1ccoc1)c1c(Cn2nnc3ccccc32)c2ccccc2n1C. The first-order valence-electron chi connectivity index (χ1n) is 9.17. The summed E-state index contributed by atoms with van der Waals surface area (Å²) in [6.07, 6.45) is 3.18. The molecule has 140 valence electrons. The molecular weight excluding hydrogens is 352 g/mol. The third kappa shape index (κ3) is 2.53. The largest absolute Gasteiger partial charge is 0.472 e. The Morgan fingerprint density at radius 2 is 1.82 bits per heavy atom. The molecule has 3 heterocycles. The molecule has 0 fully saturated rings. The Labute approximate surface area is 161 Å². The van der Waals surface area contributed by atoms with Crippen molar-refractivity contribution < 1.29 is 9.15 Å². The van der Waals surface area contributed by atoms with Gasteiger partial charge in [-0.15, -0.1) is 5.10 Å². The van der Waals surface area contributed by atoms with Crippen LogP contribution in [0, 0.1) is 0 Å². The topological polar surface area (TPSA) is 58.0 Å². The van der Waals surface area contributed by atoms with Crippen molar-refractivity contribution in [1.29, 1.82) is 0 Å². The lowest BCUT2D eigenvalue weighted by atomic mass is 10.0. The molecule has 5 rings (SSSR count). The van der Waals surface area contributed by atoms with Crippen LogP contribution >= 0.6 is 0 Å². The van der Waals surface area contributed by atoms with Crippen LogP contribution in [0.3, 0.4) is 0 Å². The van der Waals surface area contributed by atoms with Crippen molar-refractivity contribution in [2.24, 2.45) is 7.05 Å². The molecule has 0 amide bonds. The summed E-state index contributed by atoms with van der Waals surface area (Å²) in [5.41, 5.74) is 6.30. The summed E-state index contributed by atoms with van der Waals surface area (Å²) in [6.45, 7) is 0.606. The van der Waals surface area contributed by atoms with E-state index in [1.54, 1.807) is 19.6 Å². The summed E-state index contributed by atoms with van der Waals surface area (Å²) < 4.78 is 15.4. The second-order valence-electron chi connectivity index (χ2n) is 6.85. The standard InChI is InChI=1S/C22H20N4O2/c1-25-19-9-5-3-7-16(19)17(21(25)22(27-2)15-11-12-28-14-15)13-26-20-10-6-4-8-18(20)23-24-26/h3-12,14,22H,13H2,1-2H3. The molecule has 3 aromatic heterocycles. The van der Waals surface area contributed by atoms with Crippen molar-refractivity contribution in [3.05, 3.63) is 83.9 Å². The fourth-order valence-electron chi connectivity index (χ4n) is 4.01. The van der Waals surface area contributed by atoms with Crippen LogP contribution < -0.4 is 0 Å². The van der Waals surface area contributed by atoms with Gasteiger partial charge >= 0.3 is 0 Å². The van der Waals surface area contributed by atoms with Crippen LogP contribution in [0.2, 0.25) is 0 Å². The lowest BCUT2D eigenvalue weighted by molar-refractivity contribution is 0.129. The van der Waals surface area contributed by atoms with Crippen molar-refractivity contribution in [3.8, 4) is 0 Å². The van der Waals surface area contributed by atoms with E-state index in [0.717, 1.165) is 27.8 Å². The number of hydrogen-bond acceptors (Lipinski definition) is 4. The molecule has 0 bridgehead atoms. The highest BCUT2D eigenvalue weighted by atomic mass is 16.5. The lowest BCUT2D eigenvalue weighted by Crippen LogP contribution is -2.12. The van der Waals surface area contributed by atoms with E-state index in [1.165, 1.54) is 10.9 Å². The Kier molecular flexibility index (Phi) is 3.98. The third-order valence-corrected chi connectivity index (χ3v) is 5.32. The van der Waals surface area contributed by atoms with Gasteiger partial charge in [0.15, 0.2) is 0 Å². The summed E-state index contributed by atoms with van der Waals surface area (Å²) in [4.78, 5) is 0. The van der Waals surface area contributed by atoms with Crippen molar-refractivity contribution in [2.45, 2.75) is 12.6 Å². The second kappa shape index (κ2) is 6.65. The number of methoxy groups -OCH3 is 1. The molecule has 0 saturated heterocycles. The average molecular weight is 372 g/mol. The summed E-state index contributed by atoms with van der Waals surface area (Å²) in [5, 5.41) is 9.89. The molecule has 6 heteroatoms. The summed E-state index contributed by atoms with van der Waals surface area (Å²) >= 11 is 0. The molecule has 6 nitrogen and oxygen atoms in total. The van der Waals surface area contributed by atoms with E-state index >= 15 is 0 Å². The maximum atomic E-state index is 5.91. The summed E-state index contributed by atoms with van der Waals surface area (Å²) in [7, 11) is 3.80. The fourth-order valence-corrected chi connectivity index (χ4v) is 4.01. The molecule has 1 atom stereocenters. The van der Waals surface area contributed by atoms with Crippen LogP contribution in [-0.4, -0.2) is 26.7 Å². The Morgan fingerprint density at radius 1 is 1.04 bits per heavy atom. The van der Waals surface area contributed by atoms with Crippen LogP contribution in [0.1, 0.15) is 22.9 Å². The summed E-state index contributed by atoms with van der Waals surface area (Å²) in [6, 6.07) is 18.4. The smallest absolute Gasteiger partial charge is 0.125 e. The maximum absolute atomic E-state index is 5.91. The number of para-hydroxylation sites is 2. The normalized spacial score (nSPS) is 12.8. The van der Waals surface area contributed by atoms with Crippen molar-refractivity contribution in [2.75, 3.05) is 7.11 Å². The second-order valence-corrected chi connectivity index (χ2v) is 6.85. The highest BCUT2D eigenvalue weighted by molar-refractivity contribution is 5.86. The van der Waals surface area contributed by atoms with Gasteiger partial charge in [0.25, 0.3) is 0 Å². The molecule has 2 aromatic carbocycles. The van der Waals surface area contributed by atoms with Gasteiger partial charge in [-0.2, -0.15) is 0 Å². The molecule has 0 aliphatic carbocycles. The number of ether oxygens (including phenoxy) is 1. The van der Waals surface area contributed by atoms with Crippen LogP contribution in [0.15, 0.2) is 71.5 Å². The molecule has 1 unspecified atom stereocenters. The first-order chi connectivity index (χ1) is 13.8. The number of furan rings is 1. The molecule has 0 radical (unpaired) electrons. The van der Waals surface area contributed by atoms with Crippen molar-refractivity contribution in [1.82, 2.24) is 19.6 Å². The number of benzene rings is 2. The van der Waals surface area contributed by atoms with Crippen molar-refractivity contribution in [3.63, 3.8) is 0 Å². The van der Waals surface area contributed by atoms with E-state index in [2.05, 4.69) is 46.2 Å². The van der Waals surface area contributed by atoms with Crippen LogP contribution in [0.4, 0.5) is 0 Å². The number of aromatic nitrogens is 4. The number of fused-ring (bicyclic) bond motifs is 2. The number of rotatable bonds is 5. The van der Waals surface area contributed by atoms with Gasteiger partial charge in [0.2, 0.25) is 0 Å². The Balaban J connectivity index is 1.73. The first kappa shape index (κ1) is 16.8. The van der Waals surface area contributed by atoms with E-state index in [4.69, 9.17) is 9.15 Å². The third-order valence-electron chi connectivity index (χ3n) is 5.32. The van der Waals surface area contributed by atoms with Gasteiger partial charge in [0.1, 0.15) is 11.6 Å². The quantitative estimate of drug-likeness (QED) is 0.462. The van der Waals surface area contributed by atoms with E-state index in [0.29, 0.717) is 6.54 Å². The van der Waals surface area contributed by atoms with Crippen molar-refractivity contribution >= 4 is 21.9 Å². The zero-order valence-corrected chi connectivity index (χ0v) is 15.7. The molecule has 0 aliphatic rings. The Bertz CT molecular complexity index is 1250. The average Bonchev–Trinajstić information content (AvgIpc) is 3.45. The first-order valence-corrected chi connectivity index (χ1v) is 9.17. The maximum Gasteiger partial charge on any atom is 0.125 e. The zero-order chi connectivity index (χ0) is 19.1. The minimum absolute atomic E-state index is 0.235. The van der Waals surface area contributed by atoms with E-state index in [9.17, 15) is 0 Å². The van der Waals surface area contributed by atoms with E-state index < -0.39 is 0 Å². The van der Waals surface area contributed by atoms with E-state index in [-0.39, 0.29) is 6.10 Å². The van der Waals surface area contributed by atoms with E-state index in [1.807, 2.05) is 35.0 Å². The van der Waals surface area contributed by atoms with Gasteiger partial charge in [0, 0.05) is 36.2 Å². The predicted molar refractivity (Wildman–Crippen MR) is 107 cm³/mol. The highest BCUT2D eigenvalue weighted by Crippen LogP contribution is 2.35. The molecule has 0 saturated carbocycles. The Morgan fingerprint density at radius 3 is 2.61 bits per heavy atom. The molecule has 28 heavy (non-hydrogen) atoms. The minimum atomic E-state index is -0.235. The van der Waals surface area contributed by atoms with Gasteiger partial charge < -0.3 is 13.7 Å². The van der Waals surface area contributed by atoms with Gasteiger partial charge in [0.05, 0.1) is 30.3 Å². The van der Waals surface area contributed by atoms with Gasteiger partial charge in [-0.3, -0.25) is 0 Å². The molecule has 0 spiro atoms. The molecule has 0 aliphatic heterocycles. The van der Waals surface area contributed by atoms with Gasteiger partial charge in [-0.25, -0.2) is 4.68 Å². The predicted octanol–water partition coefficient (Wildman–Crippen LogP) is 4.30. The molecule has 0 N–H and O–H groups in total. The monoisotopic (exact) mass is 372 g/mol. The van der Waals surface area contributed by atoms with Crippen LogP contribution in [-0.2, 0) is 18.3 Å². The van der Waals surface area contributed by atoms with Gasteiger partial charge in [-0.1, -0.05) is 35.5 Å². The van der Waals surface area contributed by atoms with Crippen LogP contribution in [0.5, 0.6) is 0 Å². The fraction of sp³-hybridized carbons (Fsp3) is 0.182. The van der Waals surface area contributed by atoms with Gasteiger partial charge in [-0.05, 0) is 24.3 Å². The lowest BCUT2D eigenvalue weighted by Gasteiger charge is -2.18. The number of hydrogen-bond donors (Lipinski definition) is 0. The van der Waals surface area contributed by atoms with Crippen LogP contribution in [0.25, 0.3) is 21.9 Å². The number of nitrogens with zero attached hydrogens (tertiary/aromatic N) is 4. The Hall–Kier alpha value is -3.38. The zero-order valence-electron chi connectivity index (χ0n) is 15.7. The summed E-state index contributed by atoms with van der Waals surface area (Å²) in [5.74, 6) is 0.